The van der Waals surface area contributed by atoms with Gasteiger partial charge in [-0.1, -0.05) is 40.9 Å². The van der Waals surface area contributed by atoms with Crippen LogP contribution in [0.25, 0.3) is 0 Å². The summed E-state index contributed by atoms with van der Waals surface area (Å²) in [5.74, 6) is 0.973. The molecule has 2 aromatic rings. The number of anilines is 1. The molecule has 5 heteroatoms. The van der Waals surface area contributed by atoms with Crippen molar-refractivity contribution >= 4 is 33.2 Å². The van der Waals surface area contributed by atoms with Gasteiger partial charge in [-0.15, -0.1) is 0 Å². The number of unbranched alkanes of at least 4 members (excludes halogenated alkanes) is 1. The van der Waals surface area contributed by atoms with Gasteiger partial charge in [0.25, 0.3) is 0 Å². The molecule has 0 spiro atoms. The Hall–Kier alpha value is -1.00. The van der Waals surface area contributed by atoms with Gasteiger partial charge >= 0.3 is 0 Å². The molecule has 0 aliphatic rings. The third-order valence-corrected chi connectivity index (χ3v) is 4.37. The minimum atomic E-state index is 0.567. The molecule has 1 aromatic carbocycles. The number of halogens is 2. The van der Waals surface area contributed by atoms with E-state index >= 15 is 0 Å². The highest BCUT2D eigenvalue weighted by Crippen LogP contribution is 2.21. The molecule has 2 N–H and O–H groups in total. The first kappa shape index (κ1) is 15.4. The second-order valence-electron chi connectivity index (χ2n) is 4.87. The summed E-state index contributed by atoms with van der Waals surface area (Å²) in [6, 6.07) is 6.19. The molecule has 0 bridgehead atoms. The van der Waals surface area contributed by atoms with Gasteiger partial charge in [0.15, 0.2) is 5.15 Å². The van der Waals surface area contributed by atoms with Gasteiger partial charge in [-0.25, -0.2) is 4.98 Å². The maximum Gasteiger partial charge on any atom is 0.152 e. The second-order valence-corrected chi connectivity index (χ2v) is 6.09. The summed E-state index contributed by atoms with van der Waals surface area (Å²) in [6.07, 6.45) is 3.24. The van der Waals surface area contributed by atoms with E-state index in [0.29, 0.717) is 11.7 Å². The number of H-pyrrole nitrogens is 1. The van der Waals surface area contributed by atoms with Crippen LogP contribution in [0.5, 0.6) is 0 Å². The molecule has 3 nitrogen and oxygen atoms in total. The molecule has 0 saturated heterocycles. The smallest absolute Gasteiger partial charge is 0.152 e. The molecule has 20 heavy (non-hydrogen) atoms. The molecule has 2 rings (SSSR count). The summed E-state index contributed by atoms with van der Waals surface area (Å²) in [5, 5.41) is 3.93. The highest BCUT2D eigenvalue weighted by atomic mass is 79.9. The Morgan fingerprint density at radius 3 is 2.90 bits per heavy atom. The number of rotatable bonds is 6. The highest BCUT2D eigenvalue weighted by Gasteiger charge is 2.08. The zero-order valence-electron chi connectivity index (χ0n) is 11.8. The van der Waals surface area contributed by atoms with E-state index in [4.69, 9.17) is 11.6 Å². The van der Waals surface area contributed by atoms with Gasteiger partial charge in [0.05, 0.1) is 12.2 Å². The van der Waals surface area contributed by atoms with E-state index in [1.165, 1.54) is 5.56 Å². The van der Waals surface area contributed by atoms with E-state index < -0.39 is 0 Å². The van der Waals surface area contributed by atoms with Crippen molar-refractivity contribution in [3.8, 4) is 0 Å². The van der Waals surface area contributed by atoms with Crippen LogP contribution in [0.4, 0.5) is 5.69 Å². The minimum Gasteiger partial charge on any atom is -0.379 e. The van der Waals surface area contributed by atoms with Crippen LogP contribution in [0, 0.1) is 6.92 Å². The predicted molar refractivity (Wildman–Crippen MR) is 88.4 cm³/mol. The van der Waals surface area contributed by atoms with Gasteiger partial charge in [-0.3, -0.25) is 0 Å². The van der Waals surface area contributed by atoms with E-state index in [9.17, 15) is 0 Å². The fraction of sp³-hybridized carbons (Fsp3) is 0.400. The lowest BCUT2D eigenvalue weighted by Gasteiger charge is -2.07. The third-order valence-electron chi connectivity index (χ3n) is 3.17. The van der Waals surface area contributed by atoms with Crippen LogP contribution >= 0.6 is 27.5 Å². The van der Waals surface area contributed by atoms with Gasteiger partial charge in [-0.2, -0.15) is 0 Å². The van der Waals surface area contributed by atoms with Crippen molar-refractivity contribution in [2.75, 3.05) is 5.32 Å². The lowest BCUT2D eigenvalue weighted by Crippen LogP contribution is -2.01. The van der Waals surface area contributed by atoms with Crippen molar-refractivity contribution < 1.29 is 0 Å². The Morgan fingerprint density at radius 2 is 2.20 bits per heavy atom. The Kier molecular flexibility index (Phi) is 5.49. The molecule has 0 aliphatic heterocycles. The summed E-state index contributed by atoms with van der Waals surface area (Å²) >= 11 is 9.66. The van der Waals surface area contributed by atoms with Crippen molar-refractivity contribution in [1.82, 2.24) is 9.97 Å². The van der Waals surface area contributed by atoms with Gasteiger partial charge in [0, 0.05) is 16.6 Å². The number of imidazole rings is 1. The third kappa shape index (κ3) is 4.00. The van der Waals surface area contributed by atoms with E-state index in [2.05, 4.69) is 51.1 Å². The molecule has 0 atom stereocenters. The van der Waals surface area contributed by atoms with Crippen LogP contribution in [0.3, 0.4) is 0 Å². The number of hydrogen-bond acceptors (Lipinski definition) is 2. The molecule has 1 heterocycles. The van der Waals surface area contributed by atoms with Crippen molar-refractivity contribution in [3.63, 3.8) is 0 Å². The summed E-state index contributed by atoms with van der Waals surface area (Å²) in [5.41, 5.74) is 3.22. The molecule has 0 aliphatic carbocycles. The van der Waals surface area contributed by atoms with Crippen molar-refractivity contribution in [1.29, 1.82) is 0 Å². The Morgan fingerprint density at radius 1 is 1.40 bits per heavy atom. The minimum absolute atomic E-state index is 0.567. The Balaban J connectivity index is 1.99. The maximum absolute atomic E-state index is 6.16. The molecule has 108 valence electrons. The number of nitrogens with zero attached hydrogens (tertiary/aromatic N) is 1. The molecule has 0 saturated carbocycles. The lowest BCUT2D eigenvalue weighted by atomic mass is 10.2. The highest BCUT2D eigenvalue weighted by molar-refractivity contribution is 9.10. The van der Waals surface area contributed by atoms with Crippen LogP contribution in [0.2, 0.25) is 5.15 Å². The first-order valence-electron chi connectivity index (χ1n) is 6.83. The quantitative estimate of drug-likeness (QED) is 0.757. The van der Waals surface area contributed by atoms with Crippen LogP contribution in [0.1, 0.15) is 36.8 Å². The summed E-state index contributed by atoms with van der Waals surface area (Å²) in [4.78, 5) is 7.65. The Labute approximate surface area is 133 Å². The Bertz CT molecular complexity index is 580. The van der Waals surface area contributed by atoms with Crippen LogP contribution in [0.15, 0.2) is 22.7 Å². The molecule has 0 radical (unpaired) electrons. The van der Waals surface area contributed by atoms with Crippen LogP contribution < -0.4 is 5.32 Å². The number of aromatic nitrogens is 2. The molecule has 0 fully saturated rings. The molecular formula is C15H19BrClN3. The first-order valence-corrected chi connectivity index (χ1v) is 8.00. The van der Waals surface area contributed by atoms with E-state index in [-0.39, 0.29) is 0 Å². The number of benzene rings is 1. The normalized spacial score (nSPS) is 10.8. The summed E-state index contributed by atoms with van der Waals surface area (Å²) in [6.45, 7) is 4.89. The zero-order chi connectivity index (χ0) is 14.5. The van der Waals surface area contributed by atoms with Crippen molar-refractivity contribution in [3.05, 3.63) is 44.9 Å². The molecule has 0 unspecified atom stereocenters. The van der Waals surface area contributed by atoms with E-state index in [0.717, 1.165) is 40.9 Å². The number of hydrogen-bond donors (Lipinski definition) is 2. The number of nitrogens with one attached hydrogen (secondary N) is 2. The zero-order valence-corrected chi connectivity index (χ0v) is 14.1. The van der Waals surface area contributed by atoms with Gasteiger partial charge < -0.3 is 10.3 Å². The molecule has 1 aromatic heterocycles. The fourth-order valence-corrected chi connectivity index (χ4v) is 2.43. The van der Waals surface area contributed by atoms with Gasteiger partial charge in [0.1, 0.15) is 5.82 Å². The average Bonchev–Trinajstić information content (AvgIpc) is 2.78. The average molecular weight is 357 g/mol. The van der Waals surface area contributed by atoms with Crippen LogP contribution in [-0.2, 0) is 13.0 Å². The van der Waals surface area contributed by atoms with E-state index in [1.54, 1.807) is 0 Å². The second kappa shape index (κ2) is 7.14. The van der Waals surface area contributed by atoms with Gasteiger partial charge in [0.2, 0.25) is 0 Å². The largest absolute Gasteiger partial charge is 0.379 e. The van der Waals surface area contributed by atoms with Crippen molar-refractivity contribution in [2.24, 2.45) is 0 Å². The van der Waals surface area contributed by atoms with Crippen molar-refractivity contribution in [2.45, 2.75) is 39.7 Å². The molecular weight excluding hydrogens is 338 g/mol. The van der Waals surface area contributed by atoms with E-state index in [1.807, 2.05) is 12.1 Å². The topological polar surface area (TPSA) is 40.7 Å². The summed E-state index contributed by atoms with van der Waals surface area (Å²) in [7, 11) is 0. The molecule has 0 amide bonds. The number of aromatic amines is 1. The summed E-state index contributed by atoms with van der Waals surface area (Å²) < 4.78 is 1.12. The van der Waals surface area contributed by atoms with Crippen LogP contribution in [-0.4, -0.2) is 9.97 Å². The predicted octanol–water partition coefficient (Wildman–Crippen LogP) is 5.09. The fourth-order valence-electron chi connectivity index (χ4n) is 1.96. The number of aryl methyl sites for hydroxylation is 2. The standard InChI is InChI=1S/C15H19BrClN3/c1-3-4-5-14-19-13(15(17)20-14)9-18-11-6-7-12(16)10(2)8-11/h6-8,18H,3-5,9H2,1-2H3,(H,19,20). The lowest BCUT2D eigenvalue weighted by molar-refractivity contribution is 0.760. The first-order chi connectivity index (χ1) is 9.60. The SMILES string of the molecule is CCCCc1nc(Cl)c(CNc2ccc(Br)c(C)c2)[nH]1. The van der Waals surface area contributed by atoms with Gasteiger partial charge in [-0.05, 0) is 37.1 Å². The monoisotopic (exact) mass is 355 g/mol. The maximum atomic E-state index is 6.16.